The number of hydrogen-bond acceptors (Lipinski definition) is 7. The summed E-state index contributed by atoms with van der Waals surface area (Å²) in [6.07, 6.45) is 9.79. The Labute approximate surface area is 168 Å². The number of methoxy groups -OCH3 is 2. The van der Waals surface area contributed by atoms with Crippen LogP contribution in [0, 0.1) is 6.92 Å². The molecule has 1 aromatic rings. The maximum Gasteiger partial charge on any atom is 0.264 e. The molecule has 2 N–H and O–H groups in total. The molecule has 0 fully saturated rings. The van der Waals surface area contributed by atoms with Crippen molar-refractivity contribution in [2.24, 2.45) is 0 Å². The summed E-state index contributed by atoms with van der Waals surface area (Å²) in [4.78, 5) is 0. The van der Waals surface area contributed by atoms with E-state index in [4.69, 9.17) is 13.7 Å². The predicted octanol–water partition coefficient (Wildman–Crippen LogP) is 4.06. The number of rotatable bonds is 14. The van der Waals surface area contributed by atoms with Gasteiger partial charge < -0.3 is 19.7 Å². The second-order valence-electron chi connectivity index (χ2n) is 6.97. The molecule has 7 nitrogen and oxygen atoms in total. The standard InChI is InChI=1S/C20H34O7S/c1-15-16(18(22)20(26-3)19(25-2)17(15)21)13-11-9-7-5-6-8-10-12-14-27-28(4,23)24/h21-22H,5-14H2,1-4H3. The van der Waals surface area contributed by atoms with Gasteiger partial charge in [-0.05, 0) is 26.2 Å². The minimum absolute atomic E-state index is 0.00648. The number of aromatic hydroxyl groups is 2. The van der Waals surface area contributed by atoms with Crippen LogP contribution in [0.2, 0.25) is 0 Å². The third-order valence-corrected chi connectivity index (χ3v) is 5.35. The van der Waals surface area contributed by atoms with Gasteiger partial charge in [0.25, 0.3) is 10.1 Å². The van der Waals surface area contributed by atoms with Gasteiger partial charge in [-0.3, -0.25) is 4.18 Å². The Balaban J connectivity index is 2.29. The highest BCUT2D eigenvalue weighted by Gasteiger charge is 2.22. The van der Waals surface area contributed by atoms with Crippen LogP contribution in [0.15, 0.2) is 0 Å². The molecule has 1 rings (SSSR count). The minimum atomic E-state index is -3.32. The Kier molecular flexibility index (Phi) is 10.5. The number of hydrogen-bond donors (Lipinski definition) is 2. The summed E-state index contributed by atoms with van der Waals surface area (Å²) in [7, 11) is -0.461. The van der Waals surface area contributed by atoms with Gasteiger partial charge in [0.2, 0.25) is 11.5 Å². The largest absolute Gasteiger partial charge is 0.504 e. The first kappa shape index (κ1) is 24.4. The Morgan fingerprint density at radius 2 is 1.25 bits per heavy atom. The molecule has 0 aliphatic heterocycles. The zero-order valence-electron chi connectivity index (χ0n) is 17.4. The van der Waals surface area contributed by atoms with Crippen molar-refractivity contribution in [1.82, 2.24) is 0 Å². The summed E-state index contributed by atoms with van der Waals surface area (Å²) in [6.45, 7) is 2.03. The SMILES string of the molecule is COc1c(O)c(C)c(CCCCCCCCCCOS(C)(=O)=O)c(O)c1OC. The summed E-state index contributed by atoms with van der Waals surface area (Å²) in [5, 5.41) is 20.7. The van der Waals surface area contributed by atoms with Crippen LogP contribution in [0.5, 0.6) is 23.0 Å². The van der Waals surface area contributed by atoms with Crippen LogP contribution in [-0.4, -0.2) is 45.7 Å². The third-order valence-electron chi connectivity index (χ3n) is 4.76. The molecule has 8 heteroatoms. The smallest absolute Gasteiger partial charge is 0.264 e. The second-order valence-corrected chi connectivity index (χ2v) is 8.62. The quantitative estimate of drug-likeness (QED) is 0.267. The molecule has 0 heterocycles. The Bertz CT molecular complexity index is 714. The van der Waals surface area contributed by atoms with Crippen molar-refractivity contribution < 1.29 is 32.3 Å². The maximum atomic E-state index is 10.8. The highest BCUT2D eigenvalue weighted by molar-refractivity contribution is 7.85. The molecule has 0 spiro atoms. The van der Waals surface area contributed by atoms with Gasteiger partial charge >= 0.3 is 0 Å². The van der Waals surface area contributed by atoms with Gasteiger partial charge in [0.15, 0.2) is 11.5 Å². The number of phenols is 2. The van der Waals surface area contributed by atoms with E-state index in [-0.39, 0.29) is 29.6 Å². The van der Waals surface area contributed by atoms with Gasteiger partial charge in [-0.25, -0.2) is 0 Å². The molecular weight excluding hydrogens is 384 g/mol. The average molecular weight is 419 g/mol. The van der Waals surface area contributed by atoms with Crippen LogP contribution >= 0.6 is 0 Å². The van der Waals surface area contributed by atoms with Crippen molar-refractivity contribution in [2.45, 2.75) is 64.7 Å². The first-order valence-corrected chi connectivity index (χ1v) is 11.5. The van der Waals surface area contributed by atoms with Gasteiger partial charge in [0, 0.05) is 11.1 Å². The lowest BCUT2D eigenvalue weighted by Crippen LogP contribution is -2.03. The third kappa shape index (κ3) is 7.75. The van der Waals surface area contributed by atoms with E-state index >= 15 is 0 Å². The highest BCUT2D eigenvalue weighted by atomic mass is 32.2. The zero-order chi connectivity index (χ0) is 21.2. The van der Waals surface area contributed by atoms with Gasteiger partial charge in [-0.15, -0.1) is 0 Å². The molecule has 28 heavy (non-hydrogen) atoms. The molecule has 0 aromatic heterocycles. The van der Waals surface area contributed by atoms with Crippen molar-refractivity contribution in [3.8, 4) is 23.0 Å². The Morgan fingerprint density at radius 3 is 1.75 bits per heavy atom. The van der Waals surface area contributed by atoms with Gasteiger partial charge in [-0.2, -0.15) is 8.42 Å². The van der Waals surface area contributed by atoms with E-state index in [1.54, 1.807) is 6.92 Å². The van der Waals surface area contributed by atoms with Crippen LogP contribution in [0.3, 0.4) is 0 Å². The summed E-state index contributed by atoms with van der Waals surface area (Å²) in [5.74, 6) is 0.363. The van der Waals surface area contributed by atoms with E-state index < -0.39 is 10.1 Å². The summed E-state index contributed by atoms with van der Waals surface area (Å²) in [6, 6.07) is 0. The van der Waals surface area contributed by atoms with Crippen LogP contribution in [0.25, 0.3) is 0 Å². The van der Waals surface area contributed by atoms with Crippen LogP contribution < -0.4 is 9.47 Å². The van der Waals surface area contributed by atoms with Crippen molar-refractivity contribution in [3.63, 3.8) is 0 Å². The number of phenolic OH excluding ortho intramolecular Hbond substituents is 2. The minimum Gasteiger partial charge on any atom is -0.504 e. The van der Waals surface area contributed by atoms with Crippen LogP contribution in [0.1, 0.15) is 62.5 Å². The monoisotopic (exact) mass is 418 g/mol. The average Bonchev–Trinajstić information content (AvgIpc) is 2.63. The van der Waals surface area contributed by atoms with Crippen LogP contribution in [0.4, 0.5) is 0 Å². The van der Waals surface area contributed by atoms with E-state index in [9.17, 15) is 18.6 Å². The Hall–Kier alpha value is -1.67. The van der Waals surface area contributed by atoms with Crippen molar-refractivity contribution >= 4 is 10.1 Å². The van der Waals surface area contributed by atoms with Crippen molar-refractivity contribution in [2.75, 3.05) is 27.1 Å². The molecule has 0 atom stereocenters. The summed E-state index contributed by atoms with van der Waals surface area (Å²) in [5.41, 5.74) is 1.31. The lowest BCUT2D eigenvalue weighted by molar-refractivity contribution is 0.309. The maximum absolute atomic E-state index is 10.8. The van der Waals surface area contributed by atoms with Crippen LogP contribution in [-0.2, 0) is 20.7 Å². The first-order chi connectivity index (χ1) is 13.2. The van der Waals surface area contributed by atoms with Gasteiger partial charge in [0.1, 0.15) is 0 Å². The number of unbranched alkanes of at least 4 members (excludes halogenated alkanes) is 7. The fourth-order valence-corrected chi connectivity index (χ4v) is 3.62. The first-order valence-electron chi connectivity index (χ1n) is 9.72. The number of ether oxygens (including phenoxy) is 2. The molecule has 0 saturated heterocycles. The van der Waals surface area contributed by atoms with E-state index in [1.807, 2.05) is 0 Å². The zero-order valence-corrected chi connectivity index (χ0v) is 18.2. The van der Waals surface area contributed by atoms with E-state index in [1.165, 1.54) is 14.2 Å². The molecule has 0 bridgehead atoms. The lowest BCUT2D eigenvalue weighted by Gasteiger charge is -2.17. The summed E-state index contributed by atoms with van der Waals surface area (Å²) < 4.78 is 36.7. The Morgan fingerprint density at radius 1 is 0.786 bits per heavy atom. The molecule has 1 aromatic carbocycles. The molecule has 0 radical (unpaired) electrons. The highest BCUT2D eigenvalue weighted by Crippen LogP contribution is 2.48. The molecule has 0 aliphatic carbocycles. The molecule has 162 valence electrons. The molecule has 0 unspecified atom stereocenters. The van der Waals surface area contributed by atoms with E-state index in [0.29, 0.717) is 17.5 Å². The fourth-order valence-electron chi connectivity index (χ4n) is 3.20. The summed E-state index contributed by atoms with van der Waals surface area (Å²) >= 11 is 0. The molecule has 0 amide bonds. The van der Waals surface area contributed by atoms with Crippen molar-refractivity contribution in [3.05, 3.63) is 11.1 Å². The fraction of sp³-hybridized carbons (Fsp3) is 0.700. The molecule has 0 saturated carbocycles. The van der Waals surface area contributed by atoms with E-state index in [0.717, 1.165) is 57.6 Å². The lowest BCUT2D eigenvalue weighted by atomic mass is 9.98. The topological polar surface area (TPSA) is 102 Å². The van der Waals surface area contributed by atoms with Gasteiger partial charge in [0.05, 0.1) is 27.1 Å². The molecule has 0 aliphatic rings. The van der Waals surface area contributed by atoms with Gasteiger partial charge in [-0.1, -0.05) is 38.5 Å². The normalized spacial score (nSPS) is 11.6. The van der Waals surface area contributed by atoms with E-state index in [2.05, 4.69) is 0 Å². The number of benzene rings is 1. The molecular formula is C20H34O7S. The van der Waals surface area contributed by atoms with Crippen molar-refractivity contribution in [1.29, 1.82) is 0 Å². The second kappa shape index (κ2) is 12.0. The predicted molar refractivity (Wildman–Crippen MR) is 109 cm³/mol.